The Labute approximate surface area is 216 Å². The van der Waals surface area contributed by atoms with Crippen molar-refractivity contribution in [1.29, 1.82) is 0 Å². The highest BCUT2D eigenvalue weighted by Crippen LogP contribution is 2.57. The third kappa shape index (κ3) is 9.15. The number of hydrogen-bond acceptors (Lipinski definition) is 9. The second-order valence-electron chi connectivity index (χ2n) is 8.63. The molecular weight excluding hydrogens is 525 g/mol. The first-order valence-electron chi connectivity index (χ1n) is 12.5. The van der Waals surface area contributed by atoms with E-state index in [9.17, 15) is 23.9 Å². The van der Waals surface area contributed by atoms with Crippen molar-refractivity contribution < 1.29 is 42.0 Å². The van der Waals surface area contributed by atoms with E-state index in [-0.39, 0.29) is 70.5 Å². The Kier molecular flexibility index (Phi) is 14.3. The predicted molar refractivity (Wildman–Crippen MR) is 145 cm³/mol. The smallest absolute Gasteiger partial charge is 0.335 e. The number of benzene rings is 1. The lowest BCUT2D eigenvalue weighted by atomic mass is 9.90. The maximum Gasteiger partial charge on any atom is 0.335 e. The van der Waals surface area contributed by atoms with Gasteiger partial charge in [0.2, 0.25) is 0 Å². The van der Waals surface area contributed by atoms with Crippen LogP contribution >= 0.6 is 22.3 Å². The Balaban J connectivity index is 3.87. The number of aliphatic hydroxyl groups is 2. The van der Waals surface area contributed by atoms with Gasteiger partial charge in [-0.15, -0.1) is 0 Å². The molecule has 9 nitrogen and oxygen atoms in total. The molecule has 0 unspecified atom stereocenters. The average molecular weight is 571 g/mol. The van der Waals surface area contributed by atoms with Crippen LogP contribution in [0, 0.1) is 20.8 Å². The van der Waals surface area contributed by atoms with Gasteiger partial charge in [-0.1, -0.05) is 0 Å². The highest BCUT2D eigenvalue weighted by atomic mass is 31.2. The van der Waals surface area contributed by atoms with E-state index in [2.05, 4.69) is 0 Å². The van der Waals surface area contributed by atoms with E-state index in [1.165, 1.54) is 0 Å². The lowest BCUT2D eigenvalue weighted by Gasteiger charge is -2.28. The molecule has 0 amide bonds. The quantitative estimate of drug-likeness (QED) is 0.204. The van der Waals surface area contributed by atoms with Crippen molar-refractivity contribution in [3.63, 3.8) is 0 Å². The van der Waals surface area contributed by atoms with Crippen molar-refractivity contribution in [3.8, 4) is 0 Å². The van der Waals surface area contributed by atoms with Crippen LogP contribution in [0.5, 0.6) is 0 Å². The van der Waals surface area contributed by atoms with Gasteiger partial charge in [-0.05, 0) is 81.8 Å². The Hall–Kier alpha value is -0.330. The fourth-order valence-electron chi connectivity index (χ4n) is 4.46. The number of hydrogen-bond donors (Lipinski definition) is 2. The van der Waals surface area contributed by atoms with Gasteiger partial charge in [-0.2, -0.15) is 0 Å². The van der Waals surface area contributed by atoms with Gasteiger partial charge in [0, 0.05) is 31.7 Å². The molecule has 0 heterocycles. The Morgan fingerprint density at radius 2 is 0.833 bits per heavy atom. The second kappa shape index (κ2) is 15.3. The van der Waals surface area contributed by atoms with Gasteiger partial charge in [0.15, 0.2) is 0 Å². The summed E-state index contributed by atoms with van der Waals surface area (Å²) in [6.45, 7) is 13.0. The van der Waals surface area contributed by atoms with E-state index < -0.39 is 22.3 Å². The van der Waals surface area contributed by atoms with Gasteiger partial charge in [-0.25, -0.2) is 0 Å². The first kappa shape index (κ1) is 33.7. The molecule has 1 rings (SSSR count). The monoisotopic (exact) mass is 570 g/mol. The third-order valence-electron chi connectivity index (χ3n) is 6.18. The molecule has 0 aliphatic heterocycles. The molecule has 0 atom stereocenters. The molecule has 36 heavy (non-hydrogen) atoms. The zero-order valence-corrected chi connectivity index (χ0v) is 25.6. The lowest BCUT2D eigenvalue weighted by molar-refractivity contribution is 0.218. The molecule has 0 aliphatic carbocycles. The first-order chi connectivity index (χ1) is 16.9. The van der Waals surface area contributed by atoms with Crippen molar-refractivity contribution in [2.75, 3.05) is 52.0 Å². The Morgan fingerprint density at radius 3 is 1.08 bits per heavy atom. The predicted octanol–water partition coefficient (Wildman–Crippen LogP) is 5.99. The molecule has 0 aliphatic rings. The van der Waals surface area contributed by atoms with E-state index >= 15 is 0 Å². The van der Waals surface area contributed by atoms with Crippen LogP contribution in [-0.4, -0.2) is 62.2 Å². The van der Waals surface area contributed by atoms with E-state index in [1.54, 1.807) is 27.7 Å². The van der Waals surface area contributed by atoms with E-state index in [1.807, 2.05) is 20.8 Å². The van der Waals surface area contributed by atoms with Gasteiger partial charge in [0.1, 0.15) is 0 Å². The molecule has 12 heteroatoms. The Morgan fingerprint density at radius 1 is 0.556 bits per heavy atom. The fourth-order valence-corrected chi connectivity index (χ4v) is 10.6. The van der Waals surface area contributed by atoms with Crippen LogP contribution in [0.3, 0.4) is 0 Å². The number of aliphatic hydroxyl groups excluding tert-OH is 2. The molecule has 0 saturated heterocycles. The van der Waals surface area contributed by atoms with Crippen molar-refractivity contribution >= 4 is 22.3 Å². The van der Waals surface area contributed by atoms with Crippen molar-refractivity contribution in [2.24, 2.45) is 0 Å². The van der Waals surface area contributed by atoms with Gasteiger partial charge in [-0.3, -0.25) is 9.13 Å². The molecule has 1 aromatic carbocycles. The minimum atomic E-state index is -3.48. The van der Waals surface area contributed by atoms with Crippen LogP contribution in [0.25, 0.3) is 0 Å². The van der Waals surface area contributed by atoms with E-state index in [0.29, 0.717) is 0 Å². The lowest BCUT2D eigenvalue weighted by Crippen LogP contribution is -2.13. The molecule has 0 aromatic heterocycles. The van der Waals surface area contributed by atoms with Crippen molar-refractivity contribution in [2.45, 2.75) is 67.0 Å². The van der Waals surface area contributed by atoms with Crippen LogP contribution in [0.1, 0.15) is 61.1 Å². The highest BCUT2D eigenvalue weighted by molar-refractivity contribution is 7.63. The van der Waals surface area contributed by atoms with Crippen LogP contribution in [0.15, 0.2) is 0 Å². The molecule has 0 fully saturated rings. The third-order valence-corrected chi connectivity index (χ3v) is 13.1. The summed E-state index contributed by atoms with van der Waals surface area (Å²) in [5, 5.41) is 19.1. The Bertz CT molecular complexity index is 819. The maximum atomic E-state index is 13.6. The molecule has 0 radical (unpaired) electrons. The number of rotatable bonds is 18. The summed E-state index contributed by atoms with van der Waals surface area (Å²) >= 11 is 0. The van der Waals surface area contributed by atoms with Crippen LogP contribution in [-0.2, 0) is 50.3 Å². The molecule has 0 bridgehead atoms. The van der Waals surface area contributed by atoms with Gasteiger partial charge < -0.3 is 32.9 Å². The highest BCUT2D eigenvalue weighted by Gasteiger charge is 2.33. The van der Waals surface area contributed by atoms with Crippen LogP contribution < -0.4 is 0 Å². The van der Waals surface area contributed by atoms with Gasteiger partial charge in [0.25, 0.3) is 0 Å². The minimum Gasteiger partial charge on any atom is -0.396 e. The fraction of sp³-hybridized carbons (Fsp3) is 0.750. The normalized spacial score (nSPS) is 12.9. The van der Waals surface area contributed by atoms with Crippen LogP contribution in [0.2, 0.25) is 0 Å². The zero-order chi connectivity index (χ0) is 27.6. The second-order valence-corrected chi connectivity index (χ2v) is 16.1. The largest absolute Gasteiger partial charge is 0.396 e. The summed E-state index contributed by atoms with van der Waals surface area (Å²) in [5.41, 5.74) is 4.58. The first-order valence-corrected chi connectivity index (χ1v) is 18.3. The minimum absolute atomic E-state index is 0.00446. The molecule has 2 N–H and O–H groups in total. The SMILES string of the molecule is CCOP(=O)(Cc1c(C)c(CP(=O)(CCO)CCO)c(C)c(CP(=O)(OCC)OCC)c1C)OCC. The summed E-state index contributed by atoms with van der Waals surface area (Å²) in [4.78, 5) is 0. The molecular formula is C24H45O9P3. The molecule has 0 saturated carbocycles. The zero-order valence-electron chi connectivity index (χ0n) is 22.9. The summed E-state index contributed by atoms with van der Waals surface area (Å²) < 4.78 is 62.9. The summed E-state index contributed by atoms with van der Waals surface area (Å²) in [6.07, 6.45) is 0.317. The molecule has 1 aromatic rings. The molecule has 0 spiro atoms. The summed E-state index contributed by atoms with van der Waals surface area (Å²) in [7, 11) is -9.93. The van der Waals surface area contributed by atoms with Gasteiger partial charge >= 0.3 is 15.2 Å². The van der Waals surface area contributed by atoms with E-state index in [4.69, 9.17) is 18.1 Å². The van der Waals surface area contributed by atoms with E-state index in [0.717, 1.165) is 33.4 Å². The topological polar surface area (TPSA) is 129 Å². The van der Waals surface area contributed by atoms with Crippen molar-refractivity contribution in [3.05, 3.63) is 33.4 Å². The maximum absolute atomic E-state index is 13.6. The van der Waals surface area contributed by atoms with Crippen molar-refractivity contribution in [1.82, 2.24) is 0 Å². The van der Waals surface area contributed by atoms with Gasteiger partial charge in [0.05, 0.1) is 45.9 Å². The standard InChI is InChI=1S/C24H45O9P3/c1-8-30-35(28,31-9-2)17-23-19(5)22(16-34(27,14-12-25)15-13-26)20(6)24(21(23)7)18-36(29,32-10-3)33-11-4/h25-26H,8-18H2,1-7H3. The molecule has 210 valence electrons. The summed E-state index contributed by atoms with van der Waals surface area (Å²) in [6, 6.07) is 0. The summed E-state index contributed by atoms with van der Waals surface area (Å²) in [5.74, 6) is 0. The van der Waals surface area contributed by atoms with Crippen LogP contribution in [0.4, 0.5) is 0 Å². The average Bonchev–Trinajstić information content (AvgIpc) is 2.78.